The van der Waals surface area contributed by atoms with Crippen LogP contribution in [0.25, 0.3) is 0 Å². The number of ether oxygens (including phenoxy) is 1. The molecule has 1 aromatic heterocycles. The summed E-state index contributed by atoms with van der Waals surface area (Å²) in [5.74, 6) is 2.02. The zero-order valence-corrected chi connectivity index (χ0v) is 17.7. The van der Waals surface area contributed by atoms with Gasteiger partial charge in [0.15, 0.2) is 5.82 Å². The Morgan fingerprint density at radius 2 is 1.97 bits per heavy atom. The van der Waals surface area contributed by atoms with Gasteiger partial charge >= 0.3 is 0 Å². The number of hydrogen-bond acceptors (Lipinski definition) is 6. The SMILES string of the molecule is Cc1c(Cl)nc(CO)nc1N1CCC(Oc2ccc3c(c2)C(=O)N(C2CC2)C3)CC1. The highest BCUT2D eigenvalue weighted by Gasteiger charge is 2.38. The van der Waals surface area contributed by atoms with E-state index in [1.54, 1.807) is 0 Å². The van der Waals surface area contributed by atoms with Crippen LogP contribution in [0.5, 0.6) is 5.75 Å². The molecule has 1 aromatic carbocycles. The highest BCUT2D eigenvalue weighted by atomic mass is 35.5. The second-order valence-electron chi connectivity index (χ2n) is 8.32. The number of aliphatic hydroxyl groups excluding tert-OH is 1. The Kier molecular flexibility index (Phi) is 5.03. The van der Waals surface area contributed by atoms with Crippen LogP contribution in [0.2, 0.25) is 5.15 Å². The molecule has 7 nitrogen and oxygen atoms in total. The predicted octanol–water partition coefficient (Wildman–Crippen LogP) is 3.10. The zero-order valence-electron chi connectivity index (χ0n) is 17.0. The molecule has 5 rings (SSSR count). The van der Waals surface area contributed by atoms with Crippen LogP contribution in [0.1, 0.15) is 53.0 Å². The number of amides is 1. The fraction of sp³-hybridized carbons (Fsp3) is 0.500. The number of aromatic nitrogens is 2. The lowest BCUT2D eigenvalue weighted by Gasteiger charge is -2.34. The zero-order chi connectivity index (χ0) is 20.8. The third-order valence-corrected chi connectivity index (χ3v) is 6.56. The number of carbonyl (C=O) groups is 1. The highest BCUT2D eigenvalue weighted by Crippen LogP contribution is 2.36. The molecular formula is C22H25ClN4O3. The van der Waals surface area contributed by atoms with Gasteiger partial charge in [0.2, 0.25) is 0 Å². The van der Waals surface area contributed by atoms with E-state index in [9.17, 15) is 9.90 Å². The van der Waals surface area contributed by atoms with Gasteiger partial charge in [-0.15, -0.1) is 0 Å². The van der Waals surface area contributed by atoms with Crippen molar-refractivity contribution in [3.05, 3.63) is 45.9 Å². The third-order valence-electron chi connectivity index (χ3n) is 6.19. The molecule has 2 aromatic rings. The molecule has 30 heavy (non-hydrogen) atoms. The second kappa shape index (κ2) is 7.71. The maximum Gasteiger partial charge on any atom is 0.254 e. The molecule has 0 bridgehead atoms. The van der Waals surface area contributed by atoms with Crippen molar-refractivity contribution < 1.29 is 14.6 Å². The number of benzene rings is 1. The van der Waals surface area contributed by atoms with Gasteiger partial charge in [0.1, 0.15) is 29.4 Å². The van der Waals surface area contributed by atoms with Gasteiger partial charge in [-0.25, -0.2) is 9.97 Å². The van der Waals surface area contributed by atoms with E-state index in [-0.39, 0.29) is 18.6 Å². The number of anilines is 1. The minimum absolute atomic E-state index is 0.0882. The number of piperidine rings is 1. The van der Waals surface area contributed by atoms with Crippen LogP contribution in [0.3, 0.4) is 0 Å². The smallest absolute Gasteiger partial charge is 0.254 e. The molecule has 1 N–H and O–H groups in total. The summed E-state index contributed by atoms with van der Waals surface area (Å²) in [5.41, 5.74) is 2.72. The fourth-order valence-corrected chi connectivity index (χ4v) is 4.52. The average molecular weight is 429 g/mol. The molecule has 158 valence electrons. The Morgan fingerprint density at radius 3 is 2.67 bits per heavy atom. The van der Waals surface area contributed by atoms with Crippen LogP contribution in [0, 0.1) is 6.92 Å². The quantitative estimate of drug-likeness (QED) is 0.737. The Balaban J connectivity index is 1.24. The Labute approximate surface area is 180 Å². The van der Waals surface area contributed by atoms with Crippen molar-refractivity contribution in [2.45, 2.75) is 57.9 Å². The number of hydrogen-bond donors (Lipinski definition) is 1. The molecule has 8 heteroatoms. The van der Waals surface area contributed by atoms with Crippen LogP contribution in [-0.4, -0.2) is 51.1 Å². The van der Waals surface area contributed by atoms with Crippen LogP contribution < -0.4 is 9.64 Å². The van der Waals surface area contributed by atoms with Gasteiger partial charge in [-0.3, -0.25) is 4.79 Å². The first kappa shape index (κ1) is 19.6. The molecule has 0 spiro atoms. The number of aliphatic hydroxyl groups is 1. The van der Waals surface area contributed by atoms with Crippen LogP contribution in [-0.2, 0) is 13.2 Å². The summed E-state index contributed by atoms with van der Waals surface area (Å²) in [6.45, 7) is 3.95. The number of rotatable bonds is 5. The molecule has 1 amide bonds. The van der Waals surface area contributed by atoms with Gasteiger partial charge in [0, 0.05) is 49.6 Å². The molecule has 2 aliphatic heterocycles. The van der Waals surface area contributed by atoms with E-state index < -0.39 is 0 Å². The number of nitrogens with zero attached hydrogens (tertiary/aromatic N) is 4. The molecule has 0 atom stereocenters. The first-order chi connectivity index (χ1) is 14.5. The van der Waals surface area contributed by atoms with Crippen LogP contribution >= 0.6 is 11.6 Å². The molecular weight excluding hydrogens is 404 g/mol. The summed E-state index contributed by atoms with van der Waals surface area (Å²) in [4.78, 5) is 25.4. The summed E-state index contributed by atoms with van der Waals surface area (Å²) < 4.78 is 6.23. The highest BCUT2D eigenvalue weighted by molar-refractivity contribution is 6.30. The molecule has 1 aliphatic carbocycles. The van der Waals surface area contributed by atoms with Gasteiger partial charge in [0.05, 0.1) is 0 Å². The van der Waals surface area contributed by atoms with E-state index >= 15 is 0 Å². The lowest BCUT2D eigenvalue weighted by Crippen LogP contribution is -2.39. The van der Waals surface area contributed by atoms with Gasteiger partial charge in [0.25, 0.3) is 5.91 Å². The minimum Gasteiger partial charge on any atom is -0.490 e. The van der Waals surface area contributed by atoms with Crippen LogP contribution in [0.4, 0.5) is 5.82 Å². The average Bonchev–Trinajstić information content (AvgIpc) is 3.55. The summed E-state index contributed by atoms with van der Waals surface area (Å²) in [7, 11) is 0. The second-order valence-corrected chi connectivity index (χ2v) is 8.68. The molecule has 3 aliphatic rings. The third kappa shape index (κ3) is 3.61. The van der Waals surface area contributed by atoms with Crippen molar-refractivity contribution in [3.63, 3.8) is 0 Å². The molecule has 2 fully saturated rings. The van der Waals surface area contributed by atoms with Crippen molar-refractivity contribution in [1.29, 1.82) is 0 Å². The van der Waals surface area contributed by atoms with Crippen molar-refractivity contribution in [2.24, 2.45) is 0 Å². The van der Waals surface area contributed by atoms with Crippen molar-refractivity contribution in [3.8, 4) is 5.75 Å². The minimum atomic E-state index is -0.234. The van der Waals surface area contributed by atoms with E-state index in [2.05, 4.69) is 14.9 Å². The van der Waals surface area contributed by atoms with Gasteiger partial charge in [-0.1, -0.05) is 17.7 Å². The summed E-state index contributed by atoms with van der Waals surface area (Å²) >= 11 is 6.20. The Hall–Kier alpha value is -2.38. The normalized spacial score (nSPS) is 19.4. The summed E-state index contributed by atoms with van der Waals surface area (Å²) in [5, 5.41) is 9.75. The van der Waals surface area contributed by atoms with Gasteiger partial charge in [-0.2, -0.15) is 0 Å². The van der Waals surface area contributed by atoms with Crippen LogP contribution in [0.15, 0.2) is 18.2 Å². The Morgan fingerprint density at radius 1 is 1.20 bits per heavy atom. The number of carbonyl (C=O) groups excluding carboxylic acids is 1. The van der Waals surface area contributed by atoms with Gasteiger partial charge in [-0.05, 0) is 37.5 Å². The number of fused-ring (bicyclic) bond motifs is 1. The van der Waals surface area contributed by atoms with E-state index in [1.807, 2.05) is 30.0 Å². The standard InChI is InChI=1S/C22H25ClN4O3/c1-13-20(23)24-19(12-28)25-21(13)26-8-6-16(7-9-26)30-17-5-2-14-11-27(15-3-4-15)22(29)18(14)10-17/h2,5,10,15-16,28H,3-4,6-9,11-12H2,1H3. The molecule has 1 saturated carbocycles. The lowest BCUT2D eigenvalue weighted by atomic mass is 10.1. The monoisotopic (exact) mass is 428 g/mol. The lowest BCUT2D eigenvalue weighted by molar-refractivity contribution is 0.0766. The largest absolute Gasteiger partial charge is 0.490 e. The molecule has 3 heterocycles. The van der Waals surface area contributed by atoms with E-state index in [1.165, 1.54) is 0 Å². The van der Waals surface area contributed by atoms with E-state index in [0.29, 0.717) is 17.0 Å². The maximum absolute atomic E-state index is 12.7. The van der Waals surface area contributed by atoms with Crippen molar-refractivity contribution >= 4 is 23.3 Å². The van der Waals surface area contributed by atoms with Crippen molar-refractivity contribution in [2.75, 3.05) is 18.0 Å². The maximum atomic E-state index is 12.7. The number of halogens is 1. The molecule has 0 unspecified atom stereocenters. The summed E-state index contributed by atoms with van der Waals surface area (Å²) in [6.07, 6.45) is 4.02. The fourth-order valence-electron chi connectivity index (χ4n) is 4.33. The topological polar surface area (TPSA) is 78.8 Å². The molecule has 0 radical (unpaired) electrons. The van der Waals surface area contributed by atoms with Gasteiger partial charge < -0.3 is 19.6 Å². The predicted molar refractivity (Wildman–Crippen MR) is 113 cm³/mol. The Bertz CT molecular complexity index is 987. The molecule has 1 saturated heterocycles. The van der Waals surface area contributed by atoms with E-state index in [0.717, 1.165) is 73.6 Å². The first-order valence-electron chi connectivity index (χ1n) is 10.5. The van der Waals surface area contributed by atoms with Crippen molar-refractivity contribution in [1.82, 2.24) is 14.9 Å². The summed E-state index contributed by atoms with van der Waals surface area (Å²) in [6, 6.07) is 6.36. The first-order valence-corrected chi connectivity index (χ1v) is 10.9. The van der Waals surface area contributed by atoms with E-state index in [4.69, 9.17) is 16.3 Å².